The van der Waals surface area contributed by atoms with Crippen LogP contribution in [-0.4, -0.2) is 38.5 Å². The third-order valence-electron chi connectivity index (χ3n) is 4.08. The topological polar surface area (TPSA) is 73.9 Å². The summed E-state index contributed by atoms with van der Waals surface area (Å²) in [5, 5.41) is 2.66. The maximum Gasteiger partial charge on any atom is 0.307 e. The number of hydrogen-bond donors (Lipinski definition) is 1. The molecule has 0 radical (unpaired) electrons. The molecule has 0 unspecified atom stereocenters. The third kappa shape index (κ3) is 6.49. The van der Waals surface area contributed by atoms with Gasteiger partial charge in [0.1, 0.15) is 0 Å². The first kappa shape index (κ1) is 21.6. The molecule has 0 saturated carbocycles. The second-order valence-electron chi connectivity index (χ2n) is 6.12. The molecule has 1 amide bonds. The first-order valence-electron chi connectivity index (χ1n) is 8.80. The van der Waals surface area contributed by atoms with E-state index in [9.17, 15) is 9.59 Å². The predicted molar refractivity (Wildman–Crippen MR) is 110 cm³/mol. The molecule has 0 atom stereocenters. The van der Waals surface area contributed by atoms with Gasteiger partial charge >= 0.3 is 5.97 Å². The molecule has 0 heterocycles. The van der Waals surface area contributed by atoms with E-state index in [-0.39, 0.29) is 13.0 Å². The monoisotopic (exact) mass is 403 g/mol. The van der Waals surface area contributed by atoms with Gasteiger partial charge in [-0.3, -0.25) is 9.59 Å². The van der Waals surface area contributed by atoms with Gasteiger partial charge in [-0.15, -0.1) is 11.8 Å². The first-order valence-corrected chi connectivity index (χ1v) is 9.79. The average Bonchev–Trinajstić information content (AvgIpc) is 2.69. The molecule has 1 N–H and O–H groups in total. The number of aryl methyl sites for hydroxylation is 2. The summed E-state index contributed by atoms with van der Waals surface area (Å²) in [6.07, 6.45) is 0.237. The molecule has 0 saturated heterocycles. The molecule has 0 fully saturated rings. The molecule has 28 heavy (non-hydrogen) atoms. The van der Waals surface area contributed by atoms with Crippen LogP contribution in [0.2, 0.25) is 0 Å². The lowest BCUT2D eigenvalue weighted by molar-refractivity contribution is -0.146. The Morgan fingerprint density at radius 3 is 2.39 bits per heavy atom. The number of amides is 1. The summed E-state index contributed by atoms with van der Waals surface area (Å²) in [5.41, 5.74) is 2.99. The number of esters is 1. The zero-order chi connectivity index (χ0) is 20.5. The van der Waals surface area contributed by atoms with E-state index in [0.29, 0.717) is 22.9 Å². The van der Waals surface area contributed by atoms with E-state index in [0.717, 1.165) is 4.90 Å². The molecule has 0 aliphatic rings. The maximum atomic E-state index is 12.0. The first-order chi connectivity index (χ1) is 13.4. The molecule has 7 heteroatoms. The summed E-state index contributed by atoms with van der Waals surface area (Å²) in [7, 11) is 3.05. The lowest BCUT2D eigenvalue weighted by atomic mass is 10.1. The van der Waals surface area contributed by atoms with Gasteiger partial charge in [0, 0.05) is 22.4 Å². The number of carbonyl (C=O) groups excluding carboxylic acids is 2. The number of hydrogen-bond acceptors (Lipinski definition) is 6. The number of carbonyl (C=O) groups is 2. The molecule has 0 aliphatic carbocycles. The van der Waals surface area contributed by atoms with Crippen LogP contribution in [0.3, 0.4) is 0 Å². The van der Waals surface area contributed by atoms with Crippen molar-refractivity contribution >= 4 is 29.3 Å². The third-order valence-corrected chi connectivity index (χ3v) is 5.08. The predicted octanol–water partition coefficient (Wildman–Crippen LogP) is 3.98. The van der Waals surface area contributed by atoms with Gasteiger partial charge < -0.3 is 19.5 Å². The van der Waals surface area contributed by atoms with Crippen LogP contribution in [0, 0.1) is 13.8 Å². The summed E-state index contributed by atoms with van der Waals surface area (Å²) in [4.78, 5) is 24.9. The summed E-state index contributed by atoms with van der Waals surface area (Å²) < 4.78 is 15.4. The van der Waals surface area contributed by atoms with Gasteiger partial charge in [-0.1, -0.05) is 6.07 Å². The SMILES string of the molecule is COc1ccc(NC(=O)COC(=O)CCSc2ccc(C)c(C)c2)cc1OC. The highest BCUT2D eigenvalue weighted by Gasteiger charge is 2.10. The normalized spacial score (nSPS) is 10.3. The molecule has 0 aliphatic heterocycles. The van der Waals surface area contributed by atoms with Gasteiger partial charge in [0.2, 0.25) is 0 Å². The molecule has 2 rings (SSSR count). The van der Waals surface area contributed by atoms with Crippen LogP contribution in [0.1, 0.15) is 17.5 Å². The van der Waals surface area contributed by atoms with Crippen LogP contribution in [0.25, 0.3) is 0 Å². The average molecular weight is 404 g/mol. The van der Waals surface area contributed by atoms with Crippen molar-refractivity contribution in [3.63, 3.8) is 0 Å². The minimum absolute atomic E-state index is 0.237. The van der Waals surface area contributed by atoms with E-state index >= 15 is 0 Å². The largest absolute Gasteiger partial charge is 0.493 e. The number of methoxy groups -OCH3 is 2. The molecular weight excluding hydrogens is 378 g/mol. The van der Waals surface area contributed by atoms with Crippen LogP contribution in [-0.2, 0) is 14.3 Å². The van der Waals surface area contributed by atoms with E-state index < -0.39 is 11.9 Å². The van der Waals surface area contributed by atoms with Crippen LogP contribution in [0.4, 0.5) is 5.69 Å². The Balaban J connectivity index is 1.73. The molecule has 6 nitrogen and oxygen atoms in total. The van der Waals surface area contributed by atoms with E-state index in [1.54, 1.807) is 30.0 Å². The standard InChI is InChI=1S/C21H25NO5S/c1-14-5-7-17(11-15(14)2)28-10-9-21(24)27-13-20(23)22-16-6-8-18(25-3)19(12-16)26-4/h5-8,11-12H,9-10,13H2,1-4H3,(H,22,23). The quantitative estimate of drug-likeness (QED) is 0.504. The van der Waals surface area contributed by atoms with Gasteiger partial charge in [0.25, 0.3) is 5.91 Å². The molecular formula is C21H25NO5S. The minimum Gasteiger partial charge on any atom is -0.493 e. The fraction of sp³-hybridized carbons (Fsp3) is 0.333. The Labute approximate surface area is 169 Å². The van der Waals surface area contributed by atoms with Crippen molar-refractivity contribution in [3.8, 4) is 11.5 Å². The van der Waals surface area contributed by atoms with Gasteiger partial charge in [0.05, 0.1) is 20.6 Å². The number of nitrogens with one attached hydrogen (secondary N) is 1. The van der Waals surface area contributed by atoms with Crippen LogP contribution in [0.5, 0.6) is 11.5 Å². The number of thioether (sulfide) groups is 1. The molecule has 0 bridgehead atoms. The zero-order valence-corrected chi connectivity index (χ0v) is 17.4. The van der Waals surface area contributed by atoms with E-state index in [1.807, 2.05) is 6.07 Å². The highest BCUT2D eigenvalue weighted by Crippen LogP contribution is 2.29. The van der Waals surface area contributed by atoms with Crippen molar-refractivity contribution in [2.45, 2.75) is 25.2 Å². The van der Waals surface area contributed by atoms with E-state index in [1.165, 1.54) is 25.3 Å². The summed E-state index contributed by atoms with van der Waals surface area (Å²) in [5.74, 6) is 0.841. The maximum absolute atomic E-state index is 12.0. The lowest BCUT2D eigenvalue weighted by Crippen LogP contribution is -2.21. The van der Waals surface area contributed by atoms with Crippen LogP contribution in [0.15, 0.2) is 41.3 Å². The van der Waals surface area contributed by atoms with Crippen molar-refractivity contribution in [1.29, 1.82) is 0 Å². The Morgan fingerprint density at radius 1 is 0.964 bits per heavy atom. The molecule has 0 aromatic heterocycles. The second-order valence-corrected chi connectivity index (χ2v) is 7.29. The van der Waals surface area contributed by atoms with Crippen molar-refractivity contribution in [1.82, 2.24) is 0 Å². The van der Waals surface area contributed by atoms with Crippen molar-refractivity contribution < 1.29 is 23.8 Å². The Bertz CT molecular complexity index is 838. The number of ether oxygens (including phenoxy) is 3. The van der Waals surface area contributed by atoms with Crippen LogP contribution < -0.4 is 14.8 Å². The van der Waals surface area contributed by atoms with Crippen molar-refractivity contribution in [2.24, 2.45) is 0 Å². The van der Waals surface area contributed by atoms with Crippen LogP contribution >= 0.6 is 11.8 Å². The van der Waals surface area contributed by atoms with Crippen molar-refractivity contribution in [3.05, 3.63) is 47.5 Å². The molecule has 150 valence electrons. The minimum atomic E-state index is -0.414. The summed E-state index contributed by atoms with van der Waals surface area (Å²) in [6, 6.07) is 11.2. The van der Waals surface area contributed by atoms with Gasteiger partial charge in [-0.05, 0) is 49.2 Å². The second kappa shape index (κ2) is 10.6. The Morgan fingerprint density at radius 2 is 1.71 bits per heavy atom. The van der Waals surface area contributed by atoms with Gasteiger partial charge in [-0.25, -0.2) is 0 Å². The van der Waals surface area contributed by atoms with E-state index in [2.05, 4.69) is 31.3 Å². The Kier molecular flexibility index (Phi) is 8.19. The zero-order valence-electron chi connectivity index (χ0n) is 16.5. The number of rotatable bonds is 9. The highest BCUT2D eigenvalue weighted by atomic mass is 32.2. The smallest absolute Gasteiger partial charge is 0.307 e. The lowest BCUT2D eigenvalue weighted by Gasteiger charge is -2.11. The number of benzene rings is 2. The highest BCUT2D eigenvalue weighted by molar-refractivity contribution is 7.99. The fourth-order valence-corrected chi connectivity index (χ4v) is 3.31. The molecule has 2 aromatic rings. The number of anilines is 1. The van der Waals surface area contributed by atoms with Crippen molar-refractivity contribution in [2.75, 3.05) is 31.9 Å². The van der Waals surface area contributed by atoms with Gasteiger partial charge in [-0.2, -0.15) is 0 Å². The molecule has 0 spiro atoms. The van der Waals surface area contributed by atoms with Gasteiger partial charge in [0.15, 0.2) is 18.1 Å². The molecule has 2 aromatic carbocycles. The summed E-state index contributed by atoms with van der Waals surface area (Å²) in [6.45, 7) is 3.79. The summed E-state index contributed by atoms with van der Waals surface area (Å²) >= 11 is 1.59. The fourth-order valence-electron chi connectivity index (χ4n) is 2.39. The Hall–Kier alpha value is -2.67. The van der Waals surface area contributed by atoms with E-state index in [4.69, 9.17) is 14.2 Å².